The number of thioether (sulfide) groups is 1. The van der Waals surface area contributed by atoms with Crippen LogP contribution in [0.5, 0.6) is 0 Å². The average Bonchev–Trinajstić information content (AvgIpc) is 2.82. The minimum Gasteiger partial charge on any atom is -0.305 e. The van der Waals surface area contributed by atoms with Crippen LogP contribution in [-0.2, 0) is 0 Å². The Morgan fingerprint density at radius 2 is 2.23 bits per heavy atom. The van der Waals surface area contributed by atoms with Crippen molar-refractivity contribution in [1.82, 2.24) is 4.90 Å². The van der Waals surface area contributed by atoms with Crippen molar-refractivity contribution < 1.29 is 0 Å². The highest BCUT2D eigenvalue weighted by atomic mass is 32.2. The van der Waals surface area contributed by atoms with Gasteiger partial charge in [-0.1, -0.05) is 0 Å². The zero-order chi connectivity index (χ0) is 9.73. The highest BCUT2D eigenvalue weighted by Crippen LogP contribution is 2.48. The van der Waals surface area contributed by atoms with Crippen LogP contribution in [0.1, 0.15) is 19.3 Å². The van der Waals surface area contributed by atoms with Crippen molar-refractivity contribution in [3.63, 3.8) is 0 Å². The molecule has 0 radical (unpaired) electrons. The minimum atomic E-state index is 0.377. The Bertz CT molecular complexity index is 194. The largest absolute Gasteiger partial charge is 0.305 e. The molecule has 0 aromatic rings. The van der Waals surface area contributed by atoms with E-state index in [9.17, 15) is 0 Å². The Morgan fingerprint density at radius 3 is 2.69 bits per heavy atom. The summed E-state index contributed by atoms with van der Waals surface area (Å²) >= 11 is 1.88. The zero-order valence-corrected chi connectivity index (χ0v) is 9.36. The van der Waals surface area contributed by atoms with Crippen molar-refractivity contribution in [2.24, 2.45) is 5.41 Å². The molecule has 2 nitrogen and oxygen atoms in total. The molecule has 0 aromatic heterocycles. The SMILES string of the molecule is CSCCN(C)CC1(CC#N)CC1. The summed E-state index contributed by atoms with van der Waals surface area (Å²) in [6.07, 6.45) is 5.39. The third kappa shape index (κ3) is 3.58. The van der Waals surface area contributed by atoms with Gasteiger partial charge in [0.25, 0.3) is 0 Å². The van der Waals surface area contributed by atoms with Crippen LogP contribution in [0, 0.1) is 16.7 Å². The molecule has 13 heavy (non-hydrogen) atoms. The first-order chi connectivity index (χ1) is 6.22. The maximum absolute atomic E-state index is 8.66. The van der Waals surface area contributed by atoms with Crippen LogP contribution in [0.15, 0.2) is 0 Å². The molecule has 1 aliphatic carbocycles. The summed E-state index contributed by atoms with van der Waals surface area (Å²) in [5.74, 6) is 1.19. The summed E-state index contributed by atoms with van der Waals surface area (Å²) < 4.78 is 0. The molecule has 1 fully saturated rings. The van der Waals surface area contributed by atoms with Crippen LogP contribution in [0.3, 0.4) is 0 Å². The average molecular weight is 198 g/mol. The van der Waals surface area contributed by atoms with Gasteiger partial charge in [0.2, 0.25) is 0 Å². The van der Waals surface area contributed by atoms with E-state index >= 15 is 0 Å². The molecule has 0 atom stereocenters. The van der Waals surface area contributed by atoms with Crippen LogP contribution in [-0.4, -0.2) is 37.0 Å². The second-order valence-corrected chi connectivity index (χ2v) is 5.05. The van der Waals surface area contributed by atoms with E-state index in [-0.39, 0.29) is 0 Å². The predicted molar refractivity (Wildman–Crippen MR) is 57.8 cm³/mol. The topological polar surface area (TPSA) is 27.0 Å². The van der Waals surface area contributed by atoms with Crippen molar-refractivity contribution in [2.75, 3.05) is 32.1 Å². The molecular weight excluding hydrogens is 180 g/mol. The Hall–Kier alpha value is -0.200. The van der Waals surface area contributed by atoms with E-state index in [1.165, 1.54) is 18.6 Å². The lowest BCUT2D eigenvalue weighted by Gasteiger charge is -2.21. The summed E-state index contributed by atoms with van der Waals surface area (Å²) in [5.41, 5.74) is 0.377. The van der Waals surface area contributed by atoms with Gasteiger partial charge in [0.1, 0.15) is 0 Å². The molecule has 74 valence electrons. The van der Waals surface area contributed by atoms with Crippen LogP contribution >= 0.6 is 11.8 Å². The van der Waals surface area contributed by atoms with E-state index in [1.807, 2.05) is 11.8 Å². The third-order valence-electron chi connectivity index (χ3n) is 2.69. The Morgan fingerprint density at radius 1 is 1.54 bits per heavy atom. The number of hydrogen-bond donors (Lipinski definition) is 0. The number of rotatable bonds is 6. The van der Waals surface area contributed by atoms with Gasteiger partial charge >= 0.3 is 0 Å². The van der Waals surface area contributed by atoms with Gasteiger partial charge in [-0.25, -0.2) is 0 Å². The third-order valence-corrected chi connectivity index (χ3v) is 3.28. The molecule has 0 N–H and O–H groups in total. The van der Waals surface area contributed by atoms with Gasteiger partial charge in [-0.2, -0.15) is 17.0 Å². The van der Waals surface area contributed by atoms with Crippen molar-refractivity contribution in [1.29, 1.82) is 5.26 Å². The lowest BCUT2D eigenvalue weighted by atomic mass is 10.0. The standard InChI is InChI=1S/C10H18N2S/c1-12(7-8-13-2)9-10(3-4-10)5-6-11/h3-5,7-9H2,1-2H3. The Kier molecular flexibility index (Phi) is 4.08. The lowest BCUT2D eigenvalue weighted by molar-refractivity contribution is 0.278. The van der Waals surface area contributed by atoms with Crippen LogP contribution < -0.4 is 0 Å². The normalized spacial score (nSPS) is 18.6. The Balaban J connectivity index is 2.20. The number of nitriles is 1. The molecule has 1 aliphatic rings. The fraction of sp³-hybridized carbons (Fsp3) is 0.900. The molecule has 3 heteroatoms. The monoisotopic (exact) mass is 198 g/mol. The summed E-state index contributed by atoms with van der Waals surface area (Å²) in [6.45, 7) is 2.26. The van der Waals surface area contributed by atoms with Crippen LogP contribution in [0.25, 0.3) is 0 Å². The van der Waals surface area contributed by atoms with Gasteiger partial charge < -0.3 is 4.90 Å². The van der Waals surface area contributed by atoms with Gasteiger partial charge in [-0.15, -0.1) is 0 Å². The van der Waals surface area contributed by atoms with Gasteiger partial charge in [0.15, 0.2) is 0 Å². The first kappa shape index (κ1) is 10.9. The molecule has 0 unspecified atom stereocenters. The van der Waals surface area contributed by atoms with Crippen LogP contribution in [0.4, 0.5) is 0 Å². The van der Waals surface area contributed by atoms with Crippen molar-refractivity contribution >= 4 is 11.8 Å². The molecule has 0 saturated heterocycles. The van der Waals surface area contributed by atoms with Gasteiger partial charge in [0, 0.05) is 25.3 Å². The summed E-state index contributed by atoms with van der Waals surface area (Å²) in [7, 11) is 2.16. The van der Waals surface area contributed by atoms with E-state index in [0.29, 0.717) is 5.41 Å². The first-order valence-electron chi connectivity index (χ1n) is 4.77. The van der Waals surface area contributed by atoms with Crippen molar-refractivity contribution in [3.8, 4) is 6.07 Å². The molecule has 0 heterocycles. The Labute approximate surface area is 85.3 Å². The highest BCUT2D eigenvalue weighted by molar-refractivity contribution is 7.98. The zero-order valence-electron chi connectivity index (χ0n) is 8.55. The quantitative estimate of drug-likeness (QED) is 0.653. The van der Waals surface area contributed by atoms with E-state index in [2.05, 4.69) is 24.3 Å². The van der Waals surface area contributed by atoms with Crippen molar-refractivity contribution in [2.45, 2.75) is 19.3 Å². The summed E-state index contributed by atoms with van der Waals surface area (Å²) in [4.78, 5) is 2.36. The van der Waals surface area contributed by atoms with E-state index in [1.54, 1.807) is 0 Å². The summed E-state index contributed by atoms with van der Waals surface area (Å²) in [6, 6.07) is 2.30. The second kappa shape index (κ2) is 4.88. The summed E-state index contributed by atoms with van der Waals surface area (Å²) in [5, 5.41) is 8.66. The maximum Gasteiger partial charge on any atom is 0.0628 e. The van der Waals surface area contributed by atoms with E-state index < -0.39 is 0 Å². The van der Waals surface area contributed by atoms with Gasteiger partial charge in [-0.05, 0) is 31.6 Å². The molecule has 0 aromatic carbocycles. The molecule has 0 amide bonds. The van der Waals surface area contributed by atoms with Crippen LogP contribution in [0.2, 0.25) is 0 Å². The smallest absolute Gasteiger partial charge is 0.0628 e. The predicted octanol–water partition coefficient (Wildman–Crippen LogP) is 1.98. The molecule has 1 rings (SSSR count). The molecule has 0 spiro atoms. The van der Waals surface area contributed by atoms with E-state index in [4.69, 9.17) is 5.26 Å². The fourth-order valence-corrected chi connectivity index (χ4v) is 2.13. The second-order valence-electron chi connectivity index (χ2n) is 4.07. The van der Waals surface area contributed by atoms with E-state index in [0.717, 1.165) is 19.5 Å². The number of nitrogens with zero attached hydrogens (tertiary/aromatic N) is 2. The maximum atomic E-state index is 8.66. The van der Waals surface area contributed by atoms with Crippen molar-refractivity contribution in [3.05, 3.63) is 0 Å². The van der Waals surface area contributed by atoms with Gasteiger partial charge in [-0.3, -0.25) is 0 Å². The minimum absolute atomic E-state index is 0.377. The molecule has 0 aliphatic heterocycles. The van der Waals surface area contributed by atoms with Gasteiger partial charge in [0.05, 0.1) is 6.07 Å². The fourth-order valence-electron chi connectivity index (χ4n) is 1.63. The first-order valence-corrected chi connectivity index (χ1v) is 6.16. The highest BCUT2D eigenvalue weighted by Gasteiger charge is 2.42. The molecule has 1 saturated carbocycles. The lowest BCUT2D eigenvalue weighted by Crippen LogP contribution is -2.28. The number of hydrogen-bond acceptors (Lipinski definition) is 3. The molecule has 0 bridgehead atoms. The molecular formula is C10H18N2S.